The van der Waals surface area contributed by atoms with Gasteiger partial charge in [0, 0.05) is 5.69 Å². The lowest BCUT2D eigenvalue weighted by atomic mass is 10.0. The van der Waals surface area contributed by atoms with Crippen LogP contribution in [0.15, 0.2) is 34.9 Å². The summed E-state index contributed by atoms with van der Waals surface area (Å²) in [6.45, 7) is 5.38. The van der Waals surface area contributed by atoms with Crippen LogP contribution in [0.25, 0.3) is 0 Å². The molecule has 2 amide bonds. The fourth-order valence-corrected chi connectivity index (χ4v) is 1.99. The maximum Gasteiger partial charge on any atom is 0.320 e. The lowest BCUT2D eigenvalue weighted by Gasteiger charge is -2.21. The van der Waals surface area contributed by atoms with E-state index in [-0.39, 0.29) is 6.54 Å². The molecule has 21 heavy (non-hydrogen) atoms. The van der Waals surface area contributed by atoms with Crippen molar-refractivity contribution in [3.63, 3.8) is 0 Å². The number of nitrogens with zero attached hydrogens (tertiary/aromatic N) is 1. The van der Waals surface area contributed by atoms with Crippen molar-refractivity contribution in [3.8, 4) is 0 Å². The van der Waals surface area contributed by atoms with Crippen molar-refractivity contribution in [1.29, 1.82) is 0 Å². The Labute approximate surface area is 123 Å². The zero-order valence-corrected chi connectivity index (χ0v) is 12.3. The fraction of sp³-hybridized carbons (Fsp3) is 0.333. The van der Waals surface area contributed by atoms with E-state index in [9.17, 15) is 9.90 Å². The van der Waals surface area contributed by atoms with Crippen LogP contribution in [0.5, 0.6) is 0 Å². The van der Waals surface area contributed by atoms with Gasteiger partial charge >= 0.3 is 6.03 Å². The fourth-order valence-electron chi connectivity index (χ4n) is 1.99. The van der Waals surface area contributed by atoms with Crippen molar-refractivity contribution >= 4 is 11.8 Å². The molecule has 0 saturated heterocycles. The Morgan fingerprint density at radius 1 is 1.43 bits per heavy atom. The Bertz CT molecular complexity index is 601. The maximum atomic E-state index is 11.8. The van der Waals surface area contributed by atoms with Gasteiger partial charge in [0.15, 0.2) is 0 Å². The van der Waals surface area contributed by atoms with E-state index >= 15 is 0 Å². The summed E-state index contributed by atoms with van der Waals surface area (Å²) in [5, 5.41) is 15.5. The van der Waals surface area contributed by atoms with Crippen LogP contribution in [0.2, 0.25) is 0 Å². The number of aryl methyl sites for hydroxylation is 2. The van der Waals surface area contributed by atoms with Gasteiger partial charge in [-0.2, -0.15) is 0 Å². The topological polar surface area (TPSA) is 87.4 Å². The first kappa shape index (κ1) is 15.1. The monoisotopic (exact) mass is 289 g/mol. The van der Waals surface area contributed by atoms with Crippen molar-refractivity contribution in [2.24, 2.45) is 0 Å². The highest BCUT2D eigenvalue weighted by Crippen LogP contribution is 2.19. The molecule has 0 aliphatic heterocycles. The highest BCUT2D eigenvalue weighted by molar-refractivity contribution is 5.88. The number of aromatic nitrogens is 1. The smallest absolute Gasteiger partial charge is 0.320 e. The zero-order chi connectivity index (χ0) is 15.5. The molecular weight excluding hydrogens is 270 g/mol. The van der Waals surface area contributed by atoms with E-state index in [4.69, 9.17) is 4.42 Å². The van der Waals surface area contributed by atoms with Crippen molar-refractivity contribution in [1.82, 2.24) is 10.3 Å². The molecule has 6 heteroatoms. The third kappa shape index (κ3) is 4.06. The number of hydrogen-bond acceptors (Lipinski definition) is 4. The van der Waals surface area contributed by atoms with Gasteiger partial charge < -0.3 is 14.8 Å². The number of carbonyl (C=O) groups excluding carboxylic acids is 1. The minimum atomic E-state index is -1.27. The first-order valence-corrected chi connectivity index (χ1v) is 6.63. The van der Waals surface area contributed by atoms with E-state index in [0.29, 0.717) is 11.6 Å². The molecule has 0 fully saturated rings. The second-order valence-corrected chi connectivity index (χ2v) is 5.23. The minimum absolute atomic E-state index is 0.0249. The maximum absolute atomic E-state index is 11.8. The van der Waals surface area contributed by atoms with Crippen molar-refractivity contribution in [2.75, 3.05) is 11.9 Å². The summed E-state index contributed by atoms with van der Waals surface area (Å²) >= 11 is 0. The highest BCUT2D eigenvalue weighted by atomic mass is 16.4. The van der Waals surface area contributed by atoms with Crippen LogP contribution in [0, 0.1) is 13.8 Å². The van der Waals surface area contributed by atoms with Gasteiger partial charge in [0.2, 0.25) is 0 Å². The summed E-state index contributed by atoms with van der Waals surface area (Å²) in [5.41, 5.74) is 0.574. The van der Waals surface area contributed by atoms with Gasteiger partial charge in [0.1, 0.15) is 17.2 Å². The number of pyridine rings is 1. The molecule has 6 nitrogen and oxygen atoms in total. The van der Waals surface area contributed by atoms with Crippen molar-refractivity contribution < 1.29 is 14.3 Å². The van der Waals surface area contributed by atoms with Gasteiger partial charge in [-0.05, 0) is 50.6 Å². The summed E-state index contributed by atoms with van der Waals surface area (Å²) in [6, 6.07) is 6.61. The lowest BCUT2D eigenvalue weighted by Crippen LogP contribution is -2.40. The van der Waals surface area contributed by atoms with Gasteiger partial charge in [-0.25, -0.2) is 9.78 Å². The second kappa shape index (κ2) is 5.97. The third-order valence-corrected chi connectivity index (χ3v) is 2.98. The first-order chi connectivity index (χ1) is 9.87. The van der Waals surface area contributed by atoms with Crippen molar-refractivity contribution in [3.05, 3.63) is 47.5 Å². The molecule has 112 valence electrons. The molecule has 2 aromatic heterocycles. The summed E-state index contributed by atoms with van der Waals surface area (Å²) in [7, 11) is 0. The van der Waals surface area contributed by atoms with Crippen LogP contribution >= 0.6 is 0 Å². The molecule has 0 aromatic carbocycles. The summed E-state index contributed by atoms with van der Waals surface area (Å²) in [6.07, 6.45) is 1.48. The van der Waals surface area contributed by atoms with Gasteiger partial charge in [-0.3, -0.25) is 5.32 Å². The van der Waals surface area contributed by atoms with Gasteiger partial charge in [-0.1, -0.05) is 0 Å². The van der Waals surface area contributed by atoms with Gasteiger partial charge in [0.25, 0.3) is 0 Å². The molecule has 2 aromatic rings. The number of rotatable bonds is 4. The molecule has 3 N–H and O–H groups in total. The Balaban J connectivity index is 1.93. The number of furan rings is 1. The quantitative estimate of drug-likeness (QED) is 0.806. The molecule has 0 bridgehead atoms. The van der Waals surface area contributed by atoms with E-state index in [1.807, 2.05) is 19.9 Å². The number of carbonyl (C=O) groups is 1. The van der Waals surface area contributed by atoms with Crippen LogP contribution in [-0.4, -0.2) is 22.7 Å². The van der Waals surface area contributed by atoms with Gasteiger partial charge in [-0.15, -0.1) is 0 Å². The Morgan fingerprint density at radius 3 is 2.81 bits per heavy atom. The van der Waals surface area contributed by atoms with Crippen molar-refractivity contribution in [2.45, 2.75) is 26.4 Å². The summed E-state index contributed by atoms with van der Waals surface area (Å²) in [4.78, 5) is 16.1. The molecule has 0 radical (unpaired) electrons. The predicted molar refractivity (Wildman–Crippen MR) is 79.0 cm³/mol. The molecular formula is C15H19N3O3. The average molecular weight is 289 g/mol. The van der Waals surface area contributed by atoms with Gasteiger partial charge in [0.05, 0.1) is 12.8 Å². The minimum Gasteiger partial charge on any atom is -0.466 e. The number of hydrogen-bond donors (Lipinski definition) is 3. The molecule has 0 aliphatic carbocycles. The number of anilines is 1. The van der Waals surface area contributed by atoms with Crippen LogP contribution in [0.3, 0.4) is 0 Å². The number of amides is 2. The molecule has 0 saturated carbocycles. The van der Waals surface area contributed by atoms with Crippen LogP contribution in [-0.2, 0) is 5.60 Å². The Hall–Kier alpha value is -2.34. The number of aliphatic hydroxyl groups is 1. The van der Waals surface area contributed by atoms with E-state index in [2.05, 4.69) is 15.6 Å². The standard InChI is InChI=1S/C15H19N3O3/c1-10-7-11(2)17-13(8-10)18-14(19)16-9-15(3,20)12-5-4-6-21-12/h4-8,20H,9H2,1-3H3,(H2,16,17,18,19)/t15-/m1/s1. The number of urea groups is 1. The van der Waals surface area contributed by atoms with Crippen LogP contribution in [0.4, 0.5) is 10.6 Å². The molecule has 2 heterocycles. The molecule has 1 atom stereocenters. The highest BCUT2D eigenvalue weighted by Gasteiger charge is 2.26. The zero-order valence-electron chi connectivity index (χ0n) is 12.3. The summed E-state index contributed by atoms with van der Waals surface area (Å²) in [5.74, 6) is 0.870. The lowest BCUT2D eigenvalue weighted by molar-refractivity contribution is 0.0372. The van der Waals surface area contributed by atoms with Crippen LogP contribution < -0.4 is 10.6 Å². The van der Waals surface area contributed by atoms with E-state index in [1.54, 1.807) is 25.1 Å². The number of nitrogens with one attached hydrogen (secondary N) is 2. The third-order valence-electron chi connectivity index (χ3n) is 2.98. The molecule has 0 aliphatic rings. The first-order valence-electron chi connectivity index (χ1n) is 6.63. The van der Waals surface area contributed by atoms with E-state index < -0.39 is 11.6 Å². The second-order valence-electron chi connectivity index (χ2n) is 5.23. The molecule has 0 unspecified atom stereocenters. The predicted octanol–water partition coefficient (Wildman–Crippen LogP) is 2.32. The van der Waals surface area contributed by atoms with Crippen LogP contribution in [0.1, 0.15) is 23.9 Å². The summed E-state index contributed by atoms with van der Waals surface area (Å²) < 4.78 is 5.15. The van der Waals surface area contributed by atoms with E-state index in [1.165, 1.54) is 6.26 Å². The molecule has 0 spiro atoms. The Morgan fingerprint density at radius 2 is 2.19 bits per heavy atom. The normalized spacial score (nSPS) is 13.5. The molecule has 2 rings (SSSR count). The van der Waals surface area contributed by atoms with E-state index in [0.717, 1.165) is 11.3 Å². The average Bonchev–Trinajstić information content (AvgIpc) is 2.89. The SMILES string of the molecule is Cc1cc(C)nc(NC(=O)NC[C@@](C)(O)c2ccco2)c1. The largest absolute Gasteiger partial charge is 0.466 e. The Kier molecular flexibility index (Phi) is 4.28.